The second kappa shape index (κ2) is 7.37. The molecule has 20 heavy (non-hydrogen) atoms. The Kier molecular flexibility index (Phi) is 5.83. The van der Waals surface area contributed by atoms with Gasteiger partial charge in [-0.3, -0.25) is 4.79 Å². The number of aromatic carboxylic acids is 1. The Morgan fingerprint density at radius 3 is 2.50 bits per heavy atom. The summed E-state index contributed by atoms with van der Waals surface area (Å²) < 4.78 is 10.6. The molecule has 0 aliphatic rings. The molecule has 0 fully saturated rings. The topological polar surface area (TPSA) is 76.1 Å². The molecule has 1 N–H and O–H groups in total. The van der Waals surface area contributed by atoms with Gasteiger partial charge in [-0.2, -0.15) is 0 Å². The number of carboxylic acid groups (broad SMARTS) is 1. The third kappa shape index (κ3) is 4.46. The van der Waals surface area contributed by atoms with Crippen molar-refractivity contribution in [1.29, 1.82) is 0 Å². The minimum absolute atomic E-state index is 0.0276. The van der Waals surface area contributed by atoms with Gasteiger partial charge in [0.05, 0.1) is 19.3 Å². The molecule has 0 spiro atoms. The van der Waals surface area contributed by atoms with E-state index in [-0.39, 0.29) is 11.5 Å². The average molecular weight is 281 g/mol. The molecule has 1 rings (SSSR count). The quantitative estimate of drug-likeness (QED) is 0.769. The van der Waals surface area contributed by atoms with E-state index in [1.807, 2.05) is 0 Å². The number of carboxylic acids is 1. The molecule has 0 saturated carbocycles. The average Bonchev–Trinajstić information content (AvgIpc) is 2.42. The maximum atomic E-state index is 11.4. The molecule has 1 aromatic carbocycles. The SMILES string of the molecule is COc1ccc(C(=O)O)cc1OCCCC(=O)N(C)C. The van der Waals surface area contributed by atoms with E-state index in [0.717, 1.165) is 0 Å². The van der Waals surface area contributed by atoms with E-state index in [2.05, 4.69) is 0 Å². The highest BCUT2D eigenvalue weighted by atomic mass is 16.5. The zero-order valence-corrected chi connectivity index (χ0v) is 11.9. The van der Waals surface area contributed by atoms with Gasteiger partial charge in [-0.1, -0.05) is 0 Å². The molecule has 0 aliphatic heterocycles. The first-order valence-corrected chi connectivity index (χ1v) is 6.20. The molecule has 6 nitrogen and oxygen atoms in total. The van der Waals surface area contributed by atoms with Crippen molar-refractivity contribution in [3.8, 4) is 11.5 Å². The van der Waals surface area contributed by atoms with Crippen molar-refractivity contribution in [3.63, 3.8) is 0 Å². The molecule has 0 unspecified atom stereocenters. The summed E-state index contributed by atoms with van der Waals surface area (Å²) in [6.45, 7) is 0.318. The fourth-order valence-electron chi connectivity index (χ4n) is 1.55. The lowest BCUT2D eigenvalue weighted by Gasteiger charge is -2.12. The molecule has 1 amide bonds. The molecule has 6 heteroatoms. The number of amides is 1. The number of benzene rings is 1. The largest absolute Gasteiger partial charge is 0.493 e. The van der Waals surface area contributed by atoms with Gasteiger partial charge in [0.1, 0.15) is 0 Å². The summed E-state index contributed by atoms with van der Waals surface area (Å²) in [6.07, 6.45) is 0.936. The Morgan fingerprint density at radius 2 is 1.95 bits per heavy atom. The van der Waals surface area contributed by atoms with Crippen molar-refractivity contribution < 1.29 is 24.2 Å². The van der Waals surface area contributed by atoms with Crippen LogP contribution in [0.5, 0.6) is 11.5 Å². The van der Waals surface area contributed by atoms with Crippen LogP contribution in [0.4, 0.5) is 0 Å². The monoisotopic (exact) mass is 281 g/mol. The van der Waals surface area contributed by atoms with Crippen LogP contribution < -0.4 is 9.47 Å². The fourth-order valence-corrected chi connectivity index (χ4v) is 1.55. The maximum absolute atomic E-state index is 11.4. The molecule has 0 saturated heterocycles. The van der Waals surface area contributed by atoms with Gasteiger partial charge in [0, 0.05) is 20.5 Å². The predicted molar refractivity (Wildman–Crippen MR) is 73.4 cm³/mol. The van der Waals surface area contributed by atoms with Gasteiger partial charge in [0.15, 0.2) is 11.5 Å². The predicted octanol–water partition coefficient (Wildman–Crippen LogP) is 1.64. The Balaban J connectivity index is 2.60. The third-order valence-corrected chi connectivity index (χ3v) is 2.70. The van der Waals surface area contributed by atoms with E-state index in [9.17, 15) is 9.59 Å². The van der Waals surface area contributed by atoms with Gasteiger partial charge < -0.3 is 19.5 Å². The minimum Gasteiger partial charge on any atom is -0.493 e. The maximum Gasteiger partial charge on any atom is 0.335 e. The van der Waals surface area contributed by atoms with Crippen molar-refractivity contribution >= 4 is 11.9 Å². The molecule has 0 aromatic heterocycles. The first-order chi connectivity index (χ1) is 9.45. The number of carbonyl (C=O) groups is 2. The van der Waals surface area contributed by atoms with E-state index in [1.54, 1.807) is 20.2 Å². The minimum atomic E-state index is -1.03. The van der Waals surface area contributed by atoms with E-state index in [0.29, 0.717) is 30.9 Å². The molecule has 0 aliphatic carbocycles. The number of ether oxygens (including phenoxy) is 2. The normalized spacial score (nSPS) is 9.95. The zero-order chi connectivity index (χ0) is 15.1. The molecule has 0 radical (unpaired) electrons. The lowest BCUT2D eigenvalue weighted by molar-refractivity contribution is -0.128. The molecule has 0 bridgehead atoms. The van der Waals surface area contributed by atoms with E-state index < -0.39 is 5.97 Å². The van der Waals surface area contributed by atoms with Crippen molar-refractivity contribution in [3.05, 3.63) is 23.8 Å². The number of nitrogens with zero attached hydrogens (tertiary/aromatic N) is 1. The van der Waals surface area contributed by atoms with Crippen LogP contribution in [0.3, 0.4) is 0 Å². The number of methoxy groups -OCH3 is 1. The van der Waals surface area contributed by atoms with Gasteiger partial charge in [-0.15, -0.1) is 0 Å². The summed E-state index contributed by atoms with van der Waals surface area (Å²) in [5, 5.41) is 8.93. The van der Waals surface area contributed by atoms with Gasteiger partial charge in [-0.05, 0) is 24.6 Å². The van der Waals surface area contributed by atoms with Crippen molar-refractivity contribution in [2.75, 3.05) is 27.8 Å². The van der Waals surface area contributed by atoms with Crippen molar-refractivity contribution in [1.82, 2.24) is 4.90 Å². The van der Waals surface area contributed by atoms with Crippen molar-refractivity contribution in [2.24, 2.45) is 0 Å². The second-order valence-electron chi connectivity index (χ2n) is 4.41. The highest BCUT2D eigenvalue weighted by Gasteiger charge is 2.10. The molecule has 0 heterocycles. The van der Waals surface area contributed by atoms with Crippen LogP contribution in [0.2, 0.25) is 0 Å². The Labute approximate surface area is 117 Å². The first kappa shape index (κ1) is 15.8. The Bertz CT molecular complexity index is 484. The van der Waals surface area contributed by atoms with Crippen LogP contribution in [0.25, 0.3) is 0 Å². The van der Waals surface area contributed by atoms with E-state index >= 15 is 0 Å². The van der Waals surface area contributed by atoms with Crippen LogP contribution in [-0.4, -0.2) is 49.7 Å². The smallest absolute Gasteiger partial charge is 0.335 e. The third-order valence-electron chi connectivity index (χ3n) is 2.70. The standard InChI is InChI=1S/C14H19NO5/c1-15(2)13(16)5-4-8-20-12-9-10(14(17)18)6-7-11(12)19-3/h6-7,9H,4-5,8H2,1-3H3,(H,17,18). The molecule has 0 atom stereocenters. The summed E-state index contributed by atoms with van der Waals surface area (Å²) in [7, 11) is 4.88. The zero-order valence-electron chi connectivity index (χ0n) is 11.9. The van der Waals surface area contributed by atoms with Gasteiger partial charge >= 0.3 is 5.97 Å². The van der Waals surface area contributed by atoms with Crippen LogP contribution in [0.15, 0.2) is 18.2 Å². The van der Waals surface area contributed by atoms with Crippen LogP contribution in [0, 0.1) is 0 Å². The molecular formula is C14H19NO5. The first-order valence-electron chi connectivity index (χ1n) is 6.20. The fraction of sp³-hybridized carbons (Fsp3) is 0.429. The number of carbonyl (C=O) groups excluding carboxylic acids is 1. The number of rotatable bonds is 7. The Morgan fingerprint density at radius 1 is 1.25 bits per heavy atom. The Hall–Kier alpha value is -2.24. The highest BCUT2D eigenvalue weighted by Crippen LogP contribution is 2.28. The van der Waals surface area contributed by atoms with E-state index in [1.165, 1.54) is 24.1 Å². The lowest BCUT2D eigenvalue weighted by Crippen LogP contribution is -2.21. The summed E-state index contributed by atoms with van der Waals surface area (Å²) >= 11 is 0. The van der Waals surface area contributed by atoms with Gasteiger partial charge in [-0.25, -0.2) is 4.79 Å². The van der Waals surface area contributed by atoms with Crippen LogP contribution >= 0.6 is 0 Å². The molecular weight excluding hydrogens is 262 g/mol. The number of hydrogen-bond acceptors (Lipinski definition) is 4. The summed E-state index contributed by atoms with van der Waals surface area (Å²) in [5.74, 6) is -0.168. The van der Waals surface area contributed by atoms with Gasteiger partial charge in [0.2, 0.25) is 5.91 Å². The summed E-state index contributed by atoms with van der Waals surface area (Å²) in [4.78, 5) is 23.8. The van der Waals surface area contributed by atoms with Gasteiger partial charge in [0.25, 0.3) is 0 Å². The van der Waals surface area contributed by atoms with E-state index in [4.69, 9.17) is 14.6 Å². The number of hydrogen-bond donors (Lipinski definition) is 1. The highest BCUT2D eigenvalue weighted by molar-refractivity contribution is 5.88. The van der Waals surface area contributed by atoms with Crippen LogP contribution in [0.1, 0.15) is 23.2 Å². The summed E-state index contributed by atoms with van der Waals surface area (Å²) in [5.41, 5.74) is 0.130. The van der Waals surface area contributed by atoms with Crippen molar-refractivity contribution in [2.45, 2.75) is 12.8 Å². The summed E-state index contributed by atoms with van der Waals surface area (Å²) in [6, 6.07) is 4.41. The lowest BCUT2D eigenvalue weighted by atomic mass is 10.2. The molecule has 110 valence electrons. The van der Waals surface area contributed by atoms with Crippen LogP contribution in [-0.2, 0) is 4.79 Å². The molecule has 1 aromatic rings. The second-order valence-corrected chi connectivity index (χ2v) is 4.41.